The van der Waals surface area contributed by atoms with E-state index in [1.54, 1.807) is 24.3 Å². The number of hydrogen-bond acceptors (Lipinski definition) is 7. The molecule has 0 aliphatic carbocycles. The van der Waals surface area contributed by atoms with Crippen LogP contribution in [0.2, 0.25) is 0 Å². The van der Waals surface area contributed by atoms with Crippen molar-refractivity contribution in [1.29, 1.82) is 0 Å². The quantitative estimate of drug-likeness (QED) is 0.287. The minimum atomic E-state index is -0.646. The fraction of sp³-hybridized carbons (Fsp3) is 0.0952. The molecule has 30 heavy (non-hydrogen) atoms. The summed E-state index contributed by atoms with van der Waals surface area (Å²) in [6.07, 6.45) is 1.38. The van der Waals surface area contributed by atoms with E-state index in [1.165, 1.54) is 30.5 Å². The molecule has 3 aromatic carbocycles. The molecule has 0 bridgehead atoms. The van der Waals surface area contributed by atoms with Crippen molar-refractivity contribution in [3.63, 3.8) is 0 Å². The van der Waals surface area contributed by atoms with Crippen LogP contribution in [0, 0.1) is 10.1 Å². The maximum absolute atomic E-state index is 12.9. The van der Waals surface area contributed by atoms with E-state index in [4.69, 9.17) is 9.47 Å². The number of carbonyl (C=O) groups is 2. The molecule has 2 aliphatic heterocycles. The molecule has 0 N–H and O–H groups in total. The number of nitrogens with zero attached hydrogens (tertiary/aromatic N) is 3. The number of fused-ring (bicyclic) bond motifs is 1. The number of nitro benzene ring substituents is 1. The van der Waals surface area contributed by atoms with Crippen LogP contribution in [-0.4, -0.2) is 41.2 Å². The molecule has 2 heterocycles. The van der Waals surface area contributed by atoms with Crippen molar-refractivity contribution in [2.24, 2.45) is 5.10 Å². The second-order valence-electron chi connectivity index (χ2n) is 6.69. The molecule has 0 atom stereocenters. The van der Waals surface area contributed by atoms with Gasteiger partial charge in [0.05, 0.1) is 27.7 Å². The molecular formula is C21H13N3O6. The van der Waals surface area contributed by atoms with Crippen molar-refractivity contribution in [2.45, 2.75) is 0 Å². The Kier molecular flexibility index (Phi) is 3.95. The summed E-state index contributed by atoms with van der Waals surface area (Å²) in [5, 5.41) is 16.7. The minimum absolute atomic E-state index is 0.163. The predicted octanol–water partition coefficient (Wildman–Crippen LogP) is 3.15. The summed E-state index contributed by atoms with van der Waals surface area (Å²) in [6.45, 7) is 0.907. The van der Waals surface area contributed by atoms with Crippen LogP contribution in [0.1, 0.15) is 26.3 Å². The van der Waals surface area contributed by atoms with E-state index in [2.05, 4.69) is 5.10 Å². The van der Waals surface area contributed by atoms with Gasteiger partial charge in [0.2, 0.25) is 0 Å². The standard InChI is InChI=1S/C21H13N3O6/c25-20-14-3-1-2-13-16(24(27)28)6-5-15(19(13)14)21(26)23(20)22-11-12-4-7-17-18(10-12)30-9-8-29-17/h1-7,10-11H,8-9H2. The molecule has 5 rings (SSSR count). The van der Waals surface area contributed by atoms with Gasteiger partial charge in [0, 0.05) is 11.5 Å². The first-order valence-electron chi connectivity index (χ1n) is 9.07. The van der Waals surface area contributed by atoms with Crippen LogP contribution in [0.4, 0.5) is 5.69 Å². The van der Waals surface area contributed by atoms with Crippen molar-refractivity contribution in [3.8, 4) is 11.5 Å². The maximum Gasteiger partial charge on any atom is 0.282 e. The number of imide groups is 1. The lowest BCUT2D eigenvalue weighted by atomic mass is 9.94. The lowest BCUT2D eigenvalue weighted by Gasteiger charge is -2.23. The highest BCUT2D eigenvalue weighted by molar-refractivity contribution is 6.26. The van der Waals surface area contributed by atoms with Crippen LogP contribution in [0.5, 0.6) is 11.5 Å². The molecule has 2 amide bonds. The number of hydrogen-bond donors (Lipinski definition) is 0. The van der Waals surface area contributed by atoms with Crippen LogP contribution in [-0.2, 0) is 0 Å². The summed E-state index contributed by atoms with van der Waals surface area (Å²) >= 11 is 0. The van der Waals surface area contributed by atoms with Gasteiger partial charge in [0.15, 0.2) is 11.5 Å². The summed E-state index contributed by atoms with van der Waals surface area (Å²) in [5.74, 6) is -0.116. The SMILES string of the molecule is O=C1c2cccc3c([N+](=O)[O-])ccc(c23)C(=O)N1N=Cc1ccc2c(c1)OCCO2. The summed E-state index contributed by atoms with van der Waals surface area (Å²) in [4.78, 5) is 36.6. The zero-order chi connectivity index (χ0) is 20.8. The van der Waals surface area contributed by atoms with Crippen LogP contribution in [0.3, 0.4) is 0 Å². The number of hydrazone groups is 1. The Labute approximate surface area is 169 Å². The van der Waals surface area contributed by atoms with Gasteiger partial charge in [-0.1, -0.05) is 6.07 Å². The first-order valence-corrected chi connectivity index (χ1v) is 9.07. The first kappa shape index (κ1) is 17.8. The molecule has 0 radical (unpaired) electrons. The highest BCUT2D eigenvalue weighted by atomic mass is 16.6. The molecule has 9 nitrogen and oxygen atoms in total. The first-order chi connectivity index (χ1) is 14.5. The predicted molar refractivity (Wildman–Crippen MR) is 106 cm³/mol. The smallest absolute Gasteiger partial charge is 0.282 e. The molecule has 148 valence electrons. The van der Waals surface area contributed by atoms with Crippen LogP contribution in [0.15, 0.2) is 53.6 Å². The molecule has 2 aliphatic rings. The van der Waals surface area contributed by atoms with Crippen molar-refractivity contribution in [2.75, 3.05) is 13.2 Å². The fourth-order valence-electron chi connectivity index (χ4n) is 3.60. The van der Waals surface area contributed by atoms with Crippen molar-refractivity contribution < 1.29 is 24.0 Å². The Morgan fingerprint density at radius 3 is 2.47 bits per heavy atom. The van der Waals surface area contributed by atoms with Gasteiger partial charge in [-0.15, -0.1) is 0 Å². The van der Waals surface area contributed by atoms with Crippen LogP contribution >= 0.6 is 0 Å². The van der Waals surface area contributed by atoms with Gasteiger partial charge >= 0.3 is 0 Å². The van der Waals surface area contributed by atoms with E-state index in [0.29, 0.717) is 30.3 Å². The van der Waals surface area contributed by atoms with Gasteiger partial charge in [-0.05, 0) is 42.0 Å². The second kappa shape index (κ2) is 6.66. The van der Waals surface area contributed by atoms with E-state index < -0.39 is 16.7 Å². The number of non-ortho nitro benzene ring substituents is 1. The van der Waals surface area contributed by atoms with Gasteiger partial charge in [0.1, 0.15) is 13.2 Å². The van der Waals surface area contributed by atoms with Crippen molar-refractivity contribution >= 4 is 34.5 Å². The largest absolute Gasteiger partial charge is 0.486 e. The monoisotopic (exact) mass is 403 g/mol. The Bertz CT molecular complexity index is 1260. The third-order valence-electron chi connectivity index (χ3n) is 4.95. The molecular weight excluding hydrogens is 390 g/mol. The summed E-state index contributed by atoms with van der Waals surface area (Å²) in [6, 6.07) is 12.4. The van der Waals surface area contributed by atoms with E-state index >= 15 is 0 Å². The molecule has 3 aromatic rings. The average molecular weight is 403 g/mol. The van der Waals surface area contributed by atoms with Gasteiger partial charge < -0.3 is 9.47 Å². The molecule has 0 spiro atoms. The van der Waals surface area contributed by atoms with Crippen molar-refractivity contribution in [1.82, 2.24) is 5.01 Å². The summed E-state index contributed by atoms with van der Waals surface area (Å²) in [7, 11) is 0. The van der Waals surface area contributed by atoms with Crippen LogP contribution < -0.4 is 9.47 Å². The fourth-order valence-corrected chi connectivity index (χ4v) is 3.60. The topological polar surface area (TPSA) is 111 Å². The lowest BCUT2D eigenvalue weighted by molar-refractivity contribution is -0.383. The normalized spacial score (nSPS) is 15.1. The van der Waals surface area contributed by atoms with Gasteiger partial charge in [-0.2, -0.15) is 10.1 Å². The van der Waals surface area contributed by atoms with Gasteiger partial charge in [-0.25, -0.2) is 0 Å². The van der Waals surface area contributed by atoms with E-state index in [9.17, 15) is 19.7 Å². The molecule has 0 saturated carbocycles. The van der Waals surface area contributed by atoms with Gasteiger partial charge in [0.25, 0.3) is 17.5 Å². The average Bonchev–Trinajstić information content (AvgIpc) is 2.76. The zero-order valence-corrected chi connectivity index (χ0v) is 15.4. The molecule has 0 aromatic heterocycles. The van der Waals surface area contributed by atoms with E-state index in [1.807, 2.05) is 0 Å². The maximum atomic E-state index is 12.9. The number of amides is 2. The highest BCUT2D eigenvalue weighted by Gasteiger charge is 2.34. The summed E-state index contributed by atoms with van der Waals surface area (Å²) < 4.78 is 11.0. The third-order valence-corrected chi connectivity index (χ3v) is 4.95. The third kappa shape index (κ3) is 2.67. The Balaban J connectivity index is 1.54. The molecule has 0 fully saturated rings. The summed E-state index contributed by atoms with van der Waals surface area (Å²) in [5.41, 5.74) is 0.826. The number of nitro groups is 1. The number of benzene rings is 3. The Morgan fingerprint density at radius 1 is 0.967 bits per heavy atom. The Morgan fingerprint density at radius 2 is 1.70 bits per heavy atom. The van der Waals surface area contributed by atoms with E-state index in [-0.39, 0.29) is 27.6 Å². The number of carbonyl (C=O) groups excluding carboxylic acids is 2. The minimum Gasteiger partial charge on any atom is -0.486 e. The lowest BCUT2D eigenvalue weighted by Crippen LogP contribution is -2.36. The number of ether oxygens (including phenoxy) is 2. The number of rotatable bonds is 3. The molecule has 0 unspecified atom stereocenters. The van der Waals surface area contributed by atoms with E-state index in [0.717, 1.165) is 5.01 Å². The Hall–Kier alpha value is -4.27. The zero-order valence-electron chi connectivity index (χ0n) is 15.4. The molecule has 0 saturated heterocycles. The van der Waals surface area contributed by atoms with Crippen LogP contribution in [0.25, 0.3) is 10.8 Å². The highest BCUT2D eigenvalue weighted by Crippen LogP contribution is 2.35. The van der Waals surface area contributed by atoms with Gasteiger partial charge in [-0.3, -0.25) is 19.7 Å². The van der Waals surface area contributed by atoms with Crippen molar-refractivity contribution in [3.05, 3.63) is 75.3 Å². The second-order valence-corrected chi connectivity index (χ2v) is 6.69. The molecule has 9 heteroatoms.